The molecule has 6 nitrogen and oxygen atoms in total. The number of carbonyl (C=O) groups is 1. The van der Waals surface area contributed by atoms with Gasteiger partial charge >= 0.3 is 5.97 Å². The standard InChI is InChI=1S/C16H12N2O4S/c19-16(20)12-7-1-2-8-13(12)18(23(21)22)14-9-3-5-11-6-4-10-17-15(11)14/h1-10H,(H,19,20)(H,21,22). The second-order valence-corrected chi connectivity index (χ2v) is 5.53. The van der Waals surface area contributed by atoms with Crippen LogP contribution in [-0.2, 0) is 11.3 Å². The third-order valence-electron chi connectivity index (χ3n) is 3.34. The van der Waals surface area contributed by atoms with Crippen LogP contribution in [0.3, 0.4) is 0 Å². The van der Waals surface area contributed by atoms with E-state index in [1.807, 2.05) is 12.1 Å². The van der Waals surface area contributed by atoms with Gasteiger partial charge in [-0.15, -0.1) is 0 Å². The number of para-hydroxylation sites is 2. The molecule has 2 aromatic carbocycles. The number of pyridine rings is 1. The van der Waals surface area contributed by atoms with Gasteiger partial charge in [-0.2, -0.15) is 0 Å². The smallest absolute Gasteiger partial charge is 0.337 e. The van der Waals surface area contributed by atoms with Crippen molar-refractivity contribution in [3.05, 3.63) is 66.4 Å². The zero-order valence-corrected chi connectivity index (χ0v) is 12.6. The third-order valence-corrected chi connectivity index (χ3v) is 4.05. The quantitative estimate of drug-likeness (QED) is 0.718. The summed E-state index contributed by atoms with van der Waals surface area (Å²) in [5.41, 5.74) is 0.928. The summed E-state index contributed by atoms with van der Waals surface area (Å²) in [6.45, 7) is 0. The van der Waals surface area contributed by atoms with Crippen molar-refractivity contribution in [1.29, 1.82) is 0 Å². The second kappa shape index (κ2) is 6.15. The number of nitrogens with zero attached hydrogens (tertiary/aromatic N) is 2. The number of hydrogen-bond donors (Lipinski definition) is 2. The number of carboxylic acid groups (broad SMARTS) is 1. The number of fused-ring (bicyclic) bond motifs is 1. The Kier molecular flexibility index (Phi) is 4.05. The van der Waals surface area contributed by atoms with E-state index in [1.165, 1.54) is 12.1 Å². The Hall–Kier alpha value is -2.77. The summed E-state index contributed by atoms with van der Waals surface area (Å²) < 4.78 is 22.8. The summed E-state index contributed by atoms with van der Waals surface area (Å²) in [6, 6.07) is 14.8. The van der Waals surface area contributed by atoms with E-state index in [0.29, 0.717) is 11.2 Å². The Morgan fingerprint density at radius 3 is 2.43 bits per heavy atom. The lowest BCUT2D eigenvalue weighted by Crippen LogP contribution is -2.22. The van der Waals surface area contributed by atoms with Gasteiger partial charge in [-0.3, -0.25) is 9.54 Å². The number of anilines is 2. The van der Waals surface area contributed by atoms with Gasteiger partial charge in [-0.25, -0.2) is 13.3 Å². The van der Waals surface area contributed by atoms with E-state index in [4.69, 9.17) is 0 Å². The SMILES string of the molecule is O=C(O)c1ccccc1N(c1cccc2cccnc12)S(=O)O. The van der Waals surface area contributed by atoms with E-state index in [2.05, 4.69) is 4.98 Å². The molecule has 0 saturated carbocycles. The maximum atomic E-state index is 11.9. The molecule has 0 fully saturated rings. The molecule has 2 N–H and O–H groups in total. The third kappa shape index (κ3) is 2.79. The summed E-state index contributed by atoms with van der Waals surface area (Å²) in [5.74, 6) is -1.18. The van der Waals surface area contributed by atoms with Crippen molar-refractivity contribution < 1.29 is 18.7 Å². The molecule has 0 saturated heterocycles. The summed E-state index contributed by atoms with van der Waals surface area (Å²) in [6.07, 6.45) is 1.58. The Morgan fingerprint density at radius 1 is 1.00 bits per heavy atom. The predicted octanol–water partition coefficient (Wildman–Crippen LogP) is 3.21. The normalized spacial score (nSPS) is 12.0. The fraction of sp³-hybridized carbons (Fsp3) is 0. The van der Waals surface area contributed by atoms with E-state index in [-0.39, 0.29) is 11.3 Å². The molecule has 0 aliphatic rings. The molecule has 1 atom stereocenters. The predicted molar refractivity (Wildman–Crippen MR) is 88.1 cm³/mol. The average Bonchev–Trinajstić information content (AvgIpc) is 2.55. The van der Waals surface area contributed by atoms with Crippen LogP contribution in [0.25, 0.3) is 10.9 Å². The highest BCUT2D eigenvalue weighted by molar-refractivity contribution is 7.81. The summed E-state index contributed by atoms with van der Waals surface area (Å²) >= 11 is -2.46. The highest BCUT2D eigenvalue weighted by atomic mass is 32.2. The molecular formula is C16H12N2O4S. The highest BCUT2D eigenvalue weighted by Crippen LogP contribution is 2.34. The van der Waals surface area contributed by atoms with Crippen LogP contribution < -0.4 is 4.31 Å². The maximum absolute atomic E-state index is 11.9. The Balaban J connectivity index is 2.28. The van der Waals surface area contributed by atoms with E-state index in [0.717, 1.165) is 9.69 Å². The molecule has 0 bridgehead atoms. The minimum absolute atomic E-state index is 0.0668. The van der Waals surface area contributed by atoms with Crippen molar-refractivity contribution in [2.75, 3.05) is 4.31 Å². The van der Waals surface area contributed by atoms with Gasteiger partial charge in [0.05, 0.1) is 22.5 Å². The van der Waals surface area contributed by atoms with E-state index in [1.54, 1.807) is 36.5 Å². The van der Waals surface area contributed by atoms with Gasteiger partial charge in [-0.05, 0) is 24.3 Å². The molecule has 3 aromatic rings. The van der Waals surface area contributed by atoms with Crippen molar-refractivity contribution in [1.82, 2.24) is 4.98 Å². The Morgan fingerprint density at radius 2 is 1.70 bits per heavy atom. The number of aromatic nitrogens is 1. The molecule has 0 aliphatic heterocycles. The number of aromatic carboxylic acids is 1. The minimum atomic E-state index is -2.46. The van der Waals surface area contributed by atoms with E-state index in [9.17, 15) is 18.7 Å². The van der Waals surface area contributed by atoms with Crippen LogP contribution in [0.4, 0.5) is 11.4 Å². The van der Waals surface area contributed by atoms with Gasteiger partial charge in [0, 0.05) is 11.6 Å². The molecule has 0 spiro atoms. The summed E-state index contributed by atoms with van der Waals surface area (Å²) in [4.78, 5) is 15.7. The minimum Gasteiger partial charge on any atom is -0.478 e. The first-order valence-corrected chi connectivity index (χ1v) is 7.73. The lowest BCUT2D eigenvalue weighted by atomic mass is 10.1. The number of hydrogen-bond acceptors (Lipinski definition) is 3. The van der Waals surface area contributed by atoms with Gasteiger partial charge in [0.15, 0.2) is 0 Å². The van der Waals surface area contributed by atoms with Crippen LogP contribution in [0, 0.1) is 0 Å². The van der Waals surface area contributed by atoms with Gasteiger partial charge in [0.2, 0.25) is 0 Å². The number of carboxylic acids is 1. The maximum Gasteiger partial charge on any atom is 0.337 e. The monoisotopic (exact) mass is 328 g/mol. The van der Waals surface area contributed by atoms with Crippen LogP contribution in [0.2, 0.25) is 0 Å². The Labute approximate surface area is 134 Å². The Bertz CT molecular complexity index is 908. The van der Waals surface area contributed by atoms with Crippen LogP contribution in [0.15, 0.2) is 60.8 Å². The van der Waals surface area contributed by atoms with Crippen molar-refractivity contribution >= 4 is 39.5 Å². The fourth-order valence-electron chi connectivity index (χ4n) is 2.38. The molecule has 1 heterocycles. The number of benzene rings is 2. The molecule has 0 amide bonds. The van der Waals surface area contributed by atoms with Gasteiger partial charge < -0.3 is 5.11 Å². The zero-order chi connectivity index (χ0) is 16.4. The molecule has 7 heteroatoms. The molecule has 1 unspecified atom stereocenters. The highest BCUT2D eigenvalue weighted by Gasteiger charge is 2.23. The lowest BCUT2D eigenvalue weighted by molar-refractivity contribution is 0.0698. The summed E-state index contributed by atoms with van der Waals surface area (Å²) in [5, 5.41) is 10.1. The molecular weight excluding hydrogens is 316 g/mol. The fourth-order valence-corrected chi connectivity index (χ4v) is 3.02. The summed E-state index contributed by atoms with van der Waals surface area (Å²) in [7, 11) is 0. The lowest BCUT2D eigenvalue weighted by Gasteiger charge is -2.22. The van der Waals surface area contributed by atoms with Crippen LogP contribution >= 0.6 is 0 Å². The first kappa shape index (κ1) is 15.1. The van der Waals surface area contributed by atoms with Crippen LogP contribution in [0.1, 0.15) is 10.4 Å². The largest absolute Gasteiger partial charge is 0.478 e. The van der Waals surface area contributed by atoms with Gasteiger partial charge in [-0.1, -0.05) is 30.3 Å². The zero-order valence-electron chi connectivity index (χ0n) is 11.8. The first-order chi connectivity index (χ1) is 11.1. The van der Waals surface area contributed by atoms with Crippen molar-refractivity contribution in [2.45, 2.75) is 0 Å². The van der Waals surface area contributed by atoms with Crippen molar-refractivity contribution in [2.24, 2.45) is 0 Å². The van der Waals surface area contributed by atoms with Crippen molar-refractivity contribution in [3.63, 3.8) is 0 Å². The second-order valence-electron chi connectivity index (χ2n) is 4.70. The molecule has 3 rings (SSSR count). The van der Waals surface area contributed by atoms with E-state index < -0.39 is 17.2 Å². The number of rotatable bonds is 4. The van der Waals surface area contributed by atoms with Gasteiger partial charge in [0.1, 0.15) is 0 Å². The van der Waals surface area contributed by atoms with E-state index >= 15 is 0 Å². The molecule has 0 radical (unpaired) electrons. The van der Waals surface area contributed by atoms with Crippen LogP contribution in [-0.4, -0.2) is 24.8 Å². The first-order valence-electron chi connectivity index (χ1n) is 6.67. The molecule has 23 heavy (non-hydrogen) atoms. The van der Waals surface area contributed by atoms with Crippen LogP contribution in [0.5, 0.6) is 0 Å². The topological polar surface area (TPSA) is 90.7 Å². The molecule has 0 aliphatic carbocycles. The van der Waals surface area contributed by atoms with Gasteiger partial charge in [0.25, 0.3) is 11.3 Å². The molecule has 116 valence electrons. The molecule has 1 aromatic heterocycles. The van der Waals surface area contributed by atoms with Crippen molar-refractivity contribution in [3.8, 4) is 0 Å². The average molecular weight is 328 g/mol.